The molecule has 54 valence electrons. The largest absolute Gasteiger partial charge is 0.286 e. The van der Waals surface area contributed by atoms with Gasteiger partial charge in [0.15, 0.2) is 0 Å². The van der Waals surface area contributed by atoms with Crippen molar-refractivity contribution in [1.82, 2.24) is 0 Å². The molecule has 0 aliphatic carbocycles. The third kappa shape index (κ3) is 4.09. The summed E-state index contributed by atoms with van der Waals surface area (Å²) in [6.07, 6.45) is 1.86. The molecule has 1 nitrogen and oxygen atoms in total. The van der Waals surface area contributed by atoms with Crippen LogP contribution in [0.5, 0.6) is 0 Å². The Balaban J connectivity index is 3.54. The maximum absolute atomic E-state index is 10.7. The van der Waals surface area contributed by atoms with Crippen LogP contribution in [0.2, 0.25) is 0 Å². The number of hydrogen-bond acceptors (Lipinski definition) is 1. The second-order valence-corrected chi connectivity index (χ2v) is 3.46. The SMILES string of the molecule is CCC(CCBr)C(=O)Br. The Hall–Kier alpha value is 0.630. The van der Waals surface area contributed by atoms with E-state index in [9.17, 15) is 4.79 Å². The van der Waals surface area contributed by atoms with Crippen LogP contribution >= 0.6 is 31.9 Å². The Morgan fingerprint density at radius 1 is 1.67 bits per heavy atom. The molecular weight excluding hydrogens is 248 g/mol. The second kappa shape index (κ2) is 5.42. The molecule has 0 heterocycles. The van der Waals surface area contributed by atoms with E-state index in [1.807, 2.05) is 6.92 Å². The molecule has 0 aromatic carbocycles. The van der Waals surface area contributed by atoms with Crippen molar-refractivity contribution >= 4 is 36.6 Å². The molecule has 0 aromatic heterocycles. The van der Waals surface area contributed by atoms with Gasteiger partial charge >= 0.3 is 0 Å². The van der Waals surface area contributed by atoms with Crippen molar-refractivity contribution in [3.8, 4) is 0 Å². The summed E-state index contributed by atoms with van der Waals surface area (Å²) in [6.45, 7) is 2.02. The summed E-state index contributed by atoms with van der Waals surface area (Å²) in [5, 5.41) is 0.906. The van der Waals surface area contributed by atoms with E-state index in [-0.39, 0.29) is 10.6 Å². The molecule has 0 rings (SSSR count). The average molecular weight is 258 g/mol. The van der Waals surface area contributed by atoms with Gasteiger partial charge in [-0.3, -0.25) is 4.79 Å². The monoisotopic (exact) mass is 256 g/mol. The lowest BCUT2D eigenvalue weighted by atomic mass is 10.1. The van der Waals surface area contributed by atoms with Gasteiger partial charge < -0.3 is 0 Å². The number of halogens is 2. The van der Waals surface area contributed by atoms with Gasteiger partial charge in [0.25, 0.3) is 0 Å². The Bertz CT molecular complexity index is 93.1. The molecule has 0 bridgehead atoms. The Morgan fingerprint density at radius 2 is 2.22 bits per heavy atom. The summed E-state index contributed by atoms with van der Waals surface area (Å²) in [5.74, 6) is 0.198. The molecule has 0 fully saturated rings. The third-order valence-corrected chi connectivity index (χ3v) is 2.38. The third-order valence-electron chi connectivity index (χ3n) is 1.27. The first kappa shape index (κ1) is 9.63. The predicted molar refractivity (Wildman–Crippen MR) is 46.1 cm³/mol. The first-order valence-corrected chi connectivity index (χ1v) is 4.89. The number of rotatable bonds is 4. The first-order valence-electron chi connectivity index (χ1n) is 2.97. The molecule has 0 saturated heterocycles. The zero-order chi connectivity index (χ0) is 7.28. The van der Waals surface area contributed by atoms with Crippen LogP contribution in [0.1, 0.15) is 19.8 Å². The van der Waals surface area contributed by atoms with Crippen LogP contribution in [0.25, 0.3) is 0 Å². The summed E-state index contributed by atoms with van der Waals surface area (Å²) in [6, 6.07) is 0. The number of carbonyl (C=O) groups excluding carboxylic acids is 1. The molecule has 0 aromatic rings. The van der Waals surface area contributed by atoms with Gasteiger partial charge in [0, 0.05) is 11.2 Å². The molecule has 3 heteroatoms. The highest BCUT2D eigenvalue weighted by atomic mass is 79.9. The molecule has 0 saturated carbocycles. The zero-order valence-electron chi connectivity index (χ0n) is 5.36. The van der Waals surface area contributed by atoms with Crippen molar-refractivity contribution in [3.63, 3.8) is 0 Å². The quantitative estimate of drug-likeness (QED) is 0.559. The van der Waals surface area contributed by atoms with Gasteiger partial charge in [-0.15, -0.1) is 0 Å². The maximum Gasteiger partial charge on any atom is 0.200 e. The minimum absolute atomic E-state index is 0.129. The molecule has 1 unspecified atom stereocenters. The lowest BCUT2D eigenvalue weighted by molar-refractivity contribution is -0.113. The molecule has 1 atom stereocenters. The van der Waals surface area contributed by atoms with Crippen molar-refractivity contribution in [1.29, 1.82) is 0 Å². The Kier molecular flexibility index (Phi) is 5.80. The average Bonchev–Trinajstić information content (AvgIpc) is 1.82. The lowest BCUT2D eigenvalue weighted by Gasteiger charge is -2.05. The van der Waals surface area contributed by atoms with Crippen molar-refractivity contribution < 1.29 is 4.79 Å². The number of carbonyl (C=O) groups is 1. The predicted octanol–water partition coefficient (Wildman–Crippen LogP) is 2.72. The standard InChI is InChI=1S/C6H10Br2O/c1-2-5(3-4-7)6(8)9/h5H,2-4H2,1H3. The van der Waals surface area contributed by atoms with Crippen LogP contribution in [-0.4, -0.2) is 10.0 Å². The summed E-state index contributed by atoms with van der Waals surface area (Å²) in [7, 11) is 0. The number of hydrogen-bond donors (Lipinski definition) is 0. The van der Waals surface area contributed by atoms with Gasteiger partial charge in [0.2, 0.25) is 4.69 Å². The Morgan fingerprint density at radius 3 is 2.33 bits per heavy atom. The molecule has 0 amide bonds. The van der Waals surface area contributed by atoms with Crippen molar-refractivity contribution in [2.45, 2.75) is 19.8 Å². The van der Waals surface area contributed by atoms with E-state index in [4.69, 9.17) is 0 Å². The van der Waals surface area contributed by atoms with Gasteiger partial charge in [-0.2, -0.15) is 0 Å². The Labute approximate surface area is 72.5 Å². The highest BCUT2D eigenvalue weighted by molar-refractivity contribution is 9.18. The van der Waals surface area contributed by atoms with Crippen LogP contribution < -0.4 is 0 Å². The lowest BCUT2D eigenvalue weighted by Crippen LogP contribution is -2.06. The normalized spacial score (nSPS) is 13.2. The van der Waals surface area contributed by atoms with Crippen molar-refractivity contribution in [2.75, 3.05) is 5.33 Å². The smallest absolute Gasteiger partial charge is 0.200 e. The highest BCUT2D eigenvalue weighted by Crippen LogP contribution is 2.13. The highest BCUT2D eigenvalue weighted by Gasteiger charge is 2.10. The van der Waals surface area contributed by atoms with E-state index in [1.165, 1.54) is 0 Å². The molecule has 0 aliphatic rings. The van der Waals surface area contributed by atoms with E-state index in [1.54, 1.807) is 0 Å². The topological polar surface area (TPSA) is 17.1 Å². The fourth-order valence-corrected chi connectivity index (χ4v) is 1.72. The van der Waals surface area contributed by atoms with Crippen LogP contribution in [0, 0.1) is 5.92 Å². The van der Waals surface area contributed by atoms with Gasteiger partial charge in [0.05, 0.1) is 0 Å². The fourth-order valence-electron chi connectivity index (χ4n) is 0.610. The molecular formula is C6H10Br2O. The van der Waals surface area contributed by atoms with Crippen LogP contribution in [0.4, 0.5) is 0 Å². The minimum atomic E-state index is 0.129. The van der Waals surface area contributed by atoms with Crippen LogP contribution in [0.15, 0.2) is 0 Å². The molecule has 0 aliphatic heterocycles. The van der Waals surface area contributed by atoms with E-state index in [0.717, 1.165) is 18.2 Å². The maximum atomic E-state index is 10.7. The van der Waals surface area contributed by atoms with E-state index in [0.29, 0.717) is 0 Å². The van der Waals surface area contributed by atoms with Crippen LogP contribution in [-0.2, 0) is 4.79 Å². The molecule has 9 heavy (non-hydrogen) atoms. The summed E-state index contributed by atoms with van der Waals surface area (Å²) in [4.78, 5) is 10.7. The van der Waals surface area contributed by atoms with E-state index >= 15 is 0 Å². The zero-order valence-corrected chi connectivity index (χ0v) is 8.53. The fraction of sp³-hybridized carbons (Fsp3) is 0.833. The minimum Gasteiger partial charge on any atom is -0.286 e. The van der Waals surface area contributed by atoms with Gasteiger partial charge in [0.1, 0.15) is 0 Å². The molecule has 0 N–H and O–H groups in total. The second-order valence-electron chi connectivity index (χ2n) is 1.89. The van der Waals surface area contributed by atoms with E-state index in [2.05, 4.69) is 31.9 Å². The first-order chi connectivity index (χ1) is 4.22. The molecule has 0 spiro atoms. The van der Waals surface area contributed by atoms with Crippen LogP contribution in [0.3, 0.4) is 0 Å². The summed E-state index contributed by atoms with van der Waals surface area (Å²) >= 11 is 6.23. The van der Waals surface area contributed by atoms with Gasteiger partial charge in [-0.25, -0.2) is 0 Å². The summed E-state index contributed by atoms with van der Waals surface area (Å²) < 4.78 is 0.129. The summed E-state index contributed by atoms with van der Waals surface area (Å²) in [5.41, 5.74) is 0. The van der Waals surface area contributed by atoms with E-state index < -0.39 is 0 Å². The van der Waals surface area contributed by atoms with Crippen molar-refractivity contribution in [3.05, 3.63) is 0 Å². The van der Waals surface area contributed by atoms with Gasteiger partial charge in [-0.05, 0) is 28.8 Å². The van der Waals surface area contributed by atoms with Gasteiger partial charge in [-0.1, -0.05) is 22.9 Å². The van der Waals surface area contributed by atoms with Crippen molar-refractivity contribution in [2.24, 2.45) is 5.92 Å². The number of alkyl halides is 1. The molecule has 0 radical (unpaired) electrons.